The summed E-state index contributed by atoms with van der Waals surface area (Å²) in [6.07, 6.45) is 3.11. The fraction of sp³-hybridized carbons (Fsp3) is 0.174. The van der Waals surface area contributed by atoms with Crippen LogP contribution in [0.25, 0.3) is 17.4 Å². The first-order valence-electron chi connectivity index (χ1n) is 8.88. The maximum atomic E-state index is 12.1. The van der Waals surface area contributed by atoms with E-state index in [9.17, 15) is 4.79 Å². The molecule has 0 fully saturated rings. The number of amides is 1. The molecule has 3 aromatic rings. The third-order valence-electron chi connectivity index (χ3n) is 4.33. The number of hydrogen-bond acceptors (Lipinski definition) is 2. The predicted octanol–water partition coefficient (Wildman–Crippen LogP) is 6.68. The standard InChI is InChI=1S/C23H22ClNO2/c1-15(2)17-6-8-19(9-7-17)25-23(26)13-11-20-10-12-22(27-20)18-5-4-16(3)21(24)14-18/h4-15H,1-3H3,(H,25,26)/b13-11+. The molecule has 1 N–H and O–H groups in total. The Labute approximate surface area is 164 Å². The summed E-state index contributed by atoms with van der Waals surface area (Å²) >= 11 is 6.17. The summed E-state index contributed by atoms with van der Waals surface area (Å²) in [5.41, 5.74) is 3.93. The van der Waals surface area contributed by atoms with Crippen molar-refractivity contribution in [3.8, 4) is 11.3 Å². The number of aryl methyl sites for hydroxylation is 1. The van der Waals surface area contributed by atoms with Crippen LogP contribution in [0.2, 0.25) is 5.02 Å². The normalized spacial score (nSPS) is 11.3. The lowest BCUT2D eigenvalue weighted by atomic mass is 10.0. The molecule has 3 nitrogen and oxygen atoms in total. The molecule has 2 aromatic carbocycles. The van der Waals surface area contributed by atoms with Gasteiger partial charge < -0.3 is 9.73 Å². The van der Waals surface area contributed by atoms with Crippen molar-refractivity contribution >= 4 is 29.3 Å². The van der Waals surface area contributed by atoms with E-state index in [0.29, 0.717) is 22.5 Å². The smallest absolute Gasteiger partial charge is 0.248 e. The molecule has 1 amide bonds. The van der Waals surface area contributed by atoms with Crippen LogP contribution in [0.4, 0.5) is 5.69 Å². The number of nitrogens with one attached hydrogen (secondary N) is 1. The Balaban J connectivity index is 1.64. The second kappa shape index (κ2) is 8.28. The molecule has 3 rings (SSSR count). The highest BCUT2D eigenvalue weighted by atomic mass is 35.5. The number of hydrogen-bond donors (Lipinski definition) is 1. The number of halogens is 1. The molecule has 0 aliphatic carbocycles. The van der Waals surface area contributed by atoms with Gasteiger partial charge in [-0.3, -0.25) is 4.79 Å². The highest BCUT2D eigenvalue weighted by Crippen LogP contribution is 2.27. The summed E-state index contributed by atoms with van der Waals surface area (Å²) in [6, 6.07) is 17.3. The average molecular weight is 380 g/mol. The molecule has 0 radical (unpaired) electrons. The Morgan fingerprint density at radius 1 is 1.07 bits per heavy atom. The number of furan rings is 1. The Bertz CT molecular complexity index is 968. The maximum absolute atomic E-state index is 12.1. The second-order valence-electron chi connectivity index (χ2n) is 6.77. The van der Waals surface area contributed by atoms with Crippen LogP contribution in [0.5, 0.6) is 0 Å². The maximum Gasteiger partial charge on any atom is 0.248 e. The number of anilines is 1. The largest absolute Gasteiger partial charge is 0.457 e. The van der Waals surface area contributed by atoms with Crippen LogP contribution in [0.3, 0.4) is 0 Å². The van der Waals surface area contributed by atoms with Crippen molar-refractivity contribution in [1.82, 2.24) is 0 Å². The molecule has 1 aromatic heterocycles. The first kappa shape index (κ1) is 19.0. The highest BCUT2D eigenvalue weighted by Gasteiger charge is 2.06. The monoisotopic (exact) mass is 379 g/mol. The molecule has 0 atom stereocenters. The minimum Gasteiger partial charge on any atom is -0.457 e. The molecule has 0 bridgehead atoms. The van der Waals surface area contributed by atoms with Gasteiger partial charge in [-0.15, -0.1) is 0 Å². The second-order valence-corrected chi connectivity index (χ2v) is 7.17. The van der Waals surface area contributed by atoms with Crippen molar-refractivity contribution < 1.29 is 9.21 Å². The molecule has 27 heavy (non-hydrogen) atoms. The number of rotatable bonds is 5. The van der Waals surface area contributed by atoms with Gasteiger partial charge in [-0.05, 0) is 60.4 Å². The van der Waals surface area contributed by atoms with Crippen LogP contribution in [-0.4, -0.2) is 5.91 Å². The molecule has 0 saturated carbocycles. The molecule has 0 aliphatic heterocycles. The predicted molar refractivity (Wildman–Crippen MR) is 112 cm³/mol. The zero-order valence-corrected chi connectivity index (χ0v) is 16.4. The molecule has 4 heteroatoms. The van der Waals surface area contributed by atoms with E-state index in [1.54, 1.807) is 6.08 Å². The topological polar surface area (TPSA) is 42.2 Å². The fourth-order valence-corrected chi connectivity index (χ4v) is 2.82. The molecule has 0 saturated heterocycles. The van der Waals surface area contributed by atoms with E-state index < -0.39 is 0 Å². The van der Waals surface area contributed by atoms with Crippen molar-refractivity contribution in [1.29, 1.82) is 0 Å². The molecule has 0 aliphatic rings. The van der Waals surface area contributed by atoms with Crippen LogP contribution in [0.15, 0.2) is 65.1 Å². The Hall–Kier alpha value is -2.78. The van der Waals surface area contributed by atoms with Gasteiger partial charge in [-0.2, -0.15) is 0 Å². The van der Waals surface area contributed by atoms with E-state index in [2.05, 4.69) is 19.2 Å². The fourth-order valence-electron chi connectivity index (χ4n) is 2.64. The minimum absolute atomic E-state index is 0.205. The van der Waals surface area contributed by atoms with E-state index in [1.807, 2.05) is 61.5 Å². The van der Waals surface area contributed by atoms with Crippen LogP contribution in [-0.2, 0) is 4.79 Å². The molecular weight excluding hydrogens is 358 g/mol. The van der Waals surface area contributed by atoms with Gasteiger partial charge in [0.15, 0.2) is 0 Å². The summed E-state index contributed by atoms with van der Waals surface area (Å²) in [5.74, 6) is 1.57. The number of carbonyl (C=O) groups is 1. The minimum atomic E-state index is -0.205. The van der Waals surface area contributed by atoms with E-state index in [1.165, 1.54) is 11.6 Å². The van der Waals surface area contributed by atoms with Crippen LogP contribution in [0, 0.1) is 6.92 Å². The van der Waals surface area contributed by atoms with Crippen LogP contribution in [0.1, 0.15) is 36.7 Å². The van der Waals surface area contributed by atoms with Crippen molar-refractivity contribution in [2.24, 2.45) is 0 Å². The van der Waals surface area contributed by atoms with Crippen LogP contribution < -0.4 is 5.32 Å². The van der Waals surface area contributed by atoms with Gasteiger partial charge in [-0.1, -0.05) is 49.7 Å². The first-order chi connectivity index (χ1) is 12.9. The van der Waals surface area contributed by atoms with Gasteiger partial charge in [0.1, 0.15) is 11.5 Å². The molecule has 0 unspecified atom stereocenters. The van der Waals surface area contributed by atoms with Gasteiger partial charge in [-0.25, -0.2) is 0 Å². The zero-order valence-electron chi connectivity index (χ0n) is 15.6. The summed E-state index contributed by atoms with van der Waals surface area (Å²) in [5, 5.41) is 3.54. The number of carbonyl (C=O) groups excluding carboxylic acids is 1. The lowest BCUT2D eigenvalue weighted by Crippen LogP contribution is -2.07. The van der Waals surface area contributed by atoms with E-state index in [4.69, 9.17) is 16.0 Å². The summed E-state index contributed by atoms with van der Waals surface area (Å²) in [6.45, 7) is 6.23. The van der Waals surface area contributed by atoms with Gasteiger partial charge >= 0.3 is 0 Å². The summed E-state index contributed by atoms with van der Waals surface area (Å²) < 4.78 is 5.78. The lowest BCUT2D eigenvalue weighted by molar-refractivity contribution is -0.111. The molecular formula is C23H22ClNO2. The Morgan fingerprint density at radius 2 is 1.81 bits per heavy atom. The summed E-state index contributed by atoms with van der Waals surface area (Å²) in [7, 11) is 0. The number of benzene rings is 2. The molecule has 138 valence electrons. The van der Waals surface area contributed by atoms with Gasteiger partial charge in [0.25, 0.3) is 0 Å². The highest BCUT2D eigenvalue weighted by molar-refractivity contribution is 6.31. The first-order valence-corrected chi connectivity index (χ1v) is 9.25. The SMILES string of the molecule is Cc1ccc(-c2ccc(/C=C/C(=O)Nc3ccc(C(C)C)cc3)o2)cc1Cl. The third-order valence-corrected chi connectivity index (χ3v) is 4.73. The van der Waals surface area contributed by atoms with E-state index in [0.717, 1.165) is 16.8 Å². The Kier molecular flexibility index (Phi) is 5.82. The third kappa shape index (κ3) is 4.89. The van der Waals surface area contributed by atoms with Crippen LogP contribution >= 0.6 is 11.6 Å². The molecule has 0 spiro atoms. The van der Waals surface area contributed by atoms with Gasteiger partial charge in [0.05, 0.1) is 0 Å². The quantitative estimate of drug-likeness (QED) is 0.502. The van der Waals surface area contributed by atoms with Gasteiger partial charge in [0, 0.05) is 22.3 Å². The van der Waals surface area contributed by atoms with Crippen molar-refractivity contribution in [2.75, 3.05) is 5.32 Å². The zero-order chi connectivity index (χ0) is 19.4. The lowest BCUT2D eigenvalue weighted by Gasteiger charge is -2.07. The van der Waals surface area contributed by atoms with Crippen molar-refractivity contribution in [3.63, 3.8) is 0 Å². The van der Waals surface area contributed by atoms with Gasteiger partial charge in [0.2, 0.25) is 5.91 Å². The van der Waals surface area contributed by atoms with Crippen molar-refractivity contribution in [2.45, 2.75) is 26.7 Å². The van der Waals surface area contributed by atoms with Crippen molar-refractivity contribution in [3.05, 3.63) is 82.6 Å². The van der Waals surface area contributed by atoms with E-state index in [-0.39, 0.29) is 5.91 Å². The molecule has 1 heterocycles. The average Bonchev–Trinajstić information content (AvgIpc) is 3.12. The van der Waals surface area contributed by atoms with E-state index >= 15 is 0 Å². The Morgan fingerprint density at radius 3 is 2.48 bits per heavy atom. The summed E-state index contributed by atoms with van der Waals surface area (Å²) in [4.78, 5) is 12.1.